The molecule has 0 aliphatic carbocycles. The Labute approximate surface area is 333 Å². The minimum atomic E-state index is -0.594. The van der Waals surface area contributed by atoms with Crippen LogP contribution in [0.5, 0.6) is 0 Å². The topological polar surface area (TPSA) is 96.5 Å². The maximum atomic E-state index is 13.1. The van der Waals surface area contributed by atoms with E-state index in [1.165, 1.54) is 161 Å². The second kappa shape index (κ2) is 38.7. The molecule has 3 N–H and O–H groups in total. The van der Waals surface area contributed by atoms with Crippen LogP contribution < -0.4 is 16.0 Å². The molecule has 0 heterocycles. The zero-order chi connectivity index (χ0) is 39.0. The summed E-state index contributed by atoms with van der Waals surface area (Å²) < 4.78 is 5.30. The number of alkyl carbamates (subject to hydrolysis) is 1. The van der Waals surface area contributed by atoms with Crippen LogP contribution in [0.3, 0.4) is 0 Å². The van der Waals surface area contributed by atoms with Crippen LogP contribution in [0.1, 0.15) is 225 Å². The maximum Gasteiger partial charge on any atom is 0.407 e. The molecule has 54 heavy (non-hydrogen) atoms. The largest absolute Gasteiger partial charge is 0.445 e. The molecule has 1 aromatic carbocycles. The summed E-state index contributed by atoms with van der Waals surface area (Å²) in [6.45, 7) is 5.76. The van der Waals surface area contributed by atoms with Gasteiger partial charge in [-0.05, 0) is 31.2 Å². The van der Waals surface area contributed by atoms with Crippen LogP contribution in [0.4, 0.5) is 4.79 Å². The normalized spacial score (nSPS) is 11.7. The van der Waals surface area contributed by atoms with Gasteiger partial charge in [-0.25, -0.2) is 4.79 Å². The van der Waals surface area contributed by atoms with Gasteiger partial charge in [0, 0.05) is 19.5 Å². The van der Waals surface area contributed by atoms with E-state index in [0.29, 0.717) is 32.4 Å². The number of hydrogen-bond acceptors (Lipinski definition) is 4. The lowest BCUT2D eigenvalue weighted by Gasteiger charge is -2.19. The van der Waals surface area contributed by atoms with Crippen molar-refractivity contribution in [3.05, 3.63) is 35.9 Å². The lowest BCUT2D eigenvalue weighted by Crippen LogP contribution is -2.47. The zero-order valence-corrected chi connectivity index (χ0v) is 35.3. The number of unbranched alkanes of at least 4 members (excludes halogenated alkanes) is 27. The first kappa shape index (κ1) is 49.4. The number of carbonyl (C=O) groups excluding carboxylic acids is 3. The van der Waals surface area contributed by atoms with Crippen molar-refractivity contribution in [1.82, 2.24) is 16.0 Å². The van der Waals surface area contributed by atoms with Crippen LogP contribution in [0.25, 0.3) is 0 Å². The third-order valence-electron chi connectivity index (χ3n) is 10.6. The van der Waals surface area contributed by atoms with Gasteiger partial charge in [-0.2, -0.15) is 0 Å². The summed E-state index contributed by atoms with van der Waals surface area (Å²) in [6, 6.07) is 8.98. The molecule has 1 aromatic rings. The van der Waals surface area contributed by atoms with E-state index in [1.54, 1.807) is 0 Å². The molecular weight excluding hydrogens is 671 g/mol. The second-order valence-electron chi connectivity index (χ2n) is 15.8. The first-order valence-corrected chi connectivity index (χ1v) is 23.1. The van der Waals surface area contributed by atoms with E-state index in [1.807, 2.05) is 30.3 Å². The van der Waals surface area contributed by atoms with Gasteiger partial charge in [0.25, 0.3) is 0 Å². The lowest BCUT2D eigenvalue weighted by atomic mass is 10.0. The summed E-state index contributed by atoms with van der Waals surface area (Å²) in [6.07, 6.45) is 38.7. The average molecular weight is 756 g/mol. The van der Waals surface area contributed by atoms with E-state index < -0.39 is 12.1 Å². The van der Waals surface area contributed by atoms with Gasteiger partial charge in [0.05, 0.1) is 0 Å². The SMILES string of the molecule is CCCCCCCCCCCCCCCCCCCCCC(=O)N[C@@H](CCCNC(=O)OCc1ccccc1)C(=O)NCCCCCCCCCCCC. The Morgan fingerprint density at radius 3 is 1.37 bits per heavy atom. The summed E-state index contributed by atoms with van der Waals surface area (Å²) in [7, 11) is 0. The Morgan fingerprint density at radius 2 is 0.907 bits per heavy atom. The van der Waals surface area contributed by atoms with Crippen molar-refractivity contribution in [2.75, 3.05) is 13.1 Å². The Kier molecular flexibility index (Phi) is 35.4. The first-order valence-electron chi connectivity index (χ1n) is 23.1. The van der Waals surface area contributed by atoms with Gasteiger partial charge in [-0.15, -0.1) is 0 Å². The van der Waals surface area contributed by atoms with Gasteiger partial charge in [-0.3, -0.25) is 9.59 Å². The molecule has 0 bridgehead atoms. The van der Waals surface area contributed by atoms with Crippen LogP contribution in [0, 0.1) is 0 Å². The van der Waals surface area contributed by atoms with Gasteiger partial charge in [0.1, 0.15) is 12.6 Å². The van der Waals surface area contributed by atoms with E-state index in [9.17, 15) is 14.4 Å². The first-order chi connectivity index (χ1) is 26.6. The Bertz CT molecular complexity index is 988. The number of carbonyl (C=O) groups is 3. The van der Waals surface area contributed by atoms with E-state index in [-0.39, 0.29) is 18.4 Å². The summed E-state index contributed by atoms with van der Waals surface area (Å²) in [5.74, 6) is -0.185. The fourth-order valence-electron chi connectivity index (χ4n) is 7.12. The highest BCUT2D eigenvalue weighted by Crippen LogP contribution is 2.15. The van der Waals surface area contributed by atoms with Gasteiger partial charge < -0.3 is 20.7 Å². The highest BCUT2D eigenvalue weighted by molar-refractivity contribution is 5.87. The van der Waals surface area contributed by atoms with E-state index in [0.717, 1.165) is 31.2 Å². The molecule has 1 rings (SSSR count). The quantitative estimate of drug-likeness (QED) is 0.0583. The van der Waals surface area contributed by atoms with Crippen molar-refractivity contribution < 1.29 is 19.1 Å². The Balaban J connectivity index is 2.20. The number of amides is 3. The second-order valence-corrected chi connectivity index (χ2v) is 15.8. The third kappa shape index (κ3) is 32.8. The standard InChI is InChI=1S/C47H85N3O4/c1-3-5-7-9-11-13-15-16-17-18-19-20-21-22-23-24-26-28-33-39-45(51)50-44(38-35-41-49-47(53)54-42-43-36-31-30-32-37-43)46(52)48-40-34-29-27-25-14-12-10-8-6-4-2/h30-32,36-37,44H,3-29,33-35,38-42H2,1-2H3,(H,48,52)(H,49,53)(H,50,51)/t44-/m0/s1. The summed E-state index contributed by atoms with van der Waals surface area (Å²) in [5, 5.41) is 8.85. The highest BCUT2D eigenvalue weighted by Gasteiger charge is 2.20. The van der Waals surface area contributed by atoms with Crippen molar-refractivity contribution in [1.29, 1.82) is 0 Å². The zero-order valence-electron chi connectivity index (χ0n) is 35.3. The van der Waals surface area contributed by atoms with Crippen molar-refractivity contribution in [3.8, 4) is 0 Å². The molecule has 0 spiro atoms. The fraction of sp³-hybridized carbons (Fsp3) is 0.809. The van der Waals surface area contributed by atoms with Crippen LogP contribution in [-0.4, -0.2) is 37.0 Å². The molecule has 0 aliphatic rings. The lowest BCUT2D eigenvalue weighted by molar-refractivity contribution is -0.129. The summed E-state index contributed by atoms with van der Waals surface area (Å²) in [4.78, 5) is 38.2. The third-order valence-corrected chi connectivity index (χ3v) is 10.6. The molecule has 1 atom stereocenters. The molecule has 0 aliphatic heterocycles. The number of nitrogens with one attached hydrogen (secondary N) is 3. The van der Waals surface area contributed by atoms with Crippen molar-refractivity contribution in [2.24, 2.45) is 0 Å². The van der Waals surface area contributed by atoms with E-state index in [4.69, 9.17) is 4.74 Å². The molecule has 3 amide bonds. The number of ether oxygens (including phenoxy) is 1. The van der Waals surface area contributed by atoms with Crippen LogP contribution in [0.2, 0.25) is 0 Å². The number of hydrogen-bond donors (Lipinski definition) is 3. The molecular formula is C47H85N3O4. The van der Waals surface area contributed by atoms with E-state index >= 15 is 0 Å². The van der Waals surface area contributed by atoms with Crippen LogP contribution in [-0.2, 0) is 20.9 Å². The highest BCUT2D eigenvalue weighted by atomic mass is 16.5. The number of benzene rings is 1. The fourth-order valence-corrected chi connectivity index (χ4v) is 7.12. The van der Waals surface area contributed by atoms with Crippen LogP contribution >= 0.6 is 0 Å². The Hall–Kier alpha value is -2.57. The van der Waals surface area contributed by atoms with Gasteiger partial charge in [0.2, 0.25) is 11.8 Å². The molecule has 0 radical (unpaired) electrons. The minimum absolute atomic E-state index is 0.0590. The maximum absolute atomic E-state index is 13.1. The molecule has 7 heteroatoms. The molecule has 0 fully saturated rings. The van der Waals surface area contributed by atoms with Crippen molar-refractivity contribution >= 4 is 17.9 Å². The minimum Gasteiger partial charge on any atom is -0.445 e. The molecule has 0 unspecified atom stereocenters. The van der Waals surface area contributed by atoms with Crippen molar-refractivity contribution in [2.45, 2.75) is 232 Å². The molecule has 0 saturated heterocycles. The van der Waals surface area contributed by atoms with Gasteiger partial charge in [0.15, 0.2) is 0 Å². The molecule has 7 nitrogen and oxygen atoms in total. The van der Waals surface area contributed by atoms with E-state index in [2.05, 4.69) is 29.8 Å². The number of rotatable bonds is 39. The Morgan fingerprint density at radius 1 is 0.500 bits per heavy atom. The van der Waals surface area contributed by atoms with Gasteiger partial charge in [-0.1, -0.05) is 218 Å². The predicted molar refractivity (Wildman–Crippen MR) is 229 cm³/mol. The monoisotopic (exact) mass is 756 g/mol. The summed E-state index contributed by atoms with van der Waals surface area (Å²) in [5.41, 5.74) is 0.930. The molecule has 0 saturated carbocycles. The van der Waals surface area contributed by atoms with Crippen molar-refractivity contribution in [3.63, 3.8) is 0 Å². The van der Waals surface area contributed by atoms with Gasteiger partial charge >= 0.3 is 6.09 Å². The molecule has 0 aromatic heterocycles. The summed E-state index contributed by atoms with van der Waals surface area (Å²) >= 11 is 0. The van der Waals surface area contributed by atoms with Crippen LogP contribution in [0.15, 0.2) is 30.3 Å². The average Bonchev–Trinajstić information content (AvgIpc) is 3.18. The molecule has 312 valence electrons. The predicted octanol–water partition coefficient (Wildman–Crippen LogP) is 13.0. The smallest absolute Gasteiger partial charge is 0.407 e.